The van der Waals surface area contributed by atoms with Gasteiger partial charge in [0.05, 0.1) is 26.0 Å². The van der Waals surface area contributed by atoms with Crippen molar-refractivity contribution in [3.8, 4) is 11.5 Å². The number of methoxy groups -OCH3 is 1. The summed E-state index contributed by atoms with van der Waals surface area (Å²) in [4.78, 5) is 0. The Labute approximate surface area is 111 Å². The molecule has 0 aliphatic carbocycles. The highest BCUT2D eigenvalue weighted by atomic mass is 16.5. The van der Waals surface area contributed by atoms with Crippen LogP contribution in [0.4, 0.5) is 0 Å². The average molecular weight is 263 g/mol. The van der Waals surface area contributed by atoms with Crippen molar-refractivity contribution in [2.75, 3.05) is 13.7 Å². The molecule has 2 rings (SSSR count). The molecule has 2 aromatic rings. The van der Waals surface area contributed by atoms with E-state index in [1.54, 1.807) is 30.5 Å². The van der Waals surface area contributed by atoms with Crippen molar-refractivity contribution >= 4 is 0 Å². The summed E-state index contributed by atoms with van der Waals surface area (Å²) in [5.41, 5.74) is 0.892. The standard InChI is InChI=1S/C14H17NO4/c1-18-14-5-4-10(7-12(14)17)8-15-11(9-16)13-3-2-6-19-13/h2-7,11,15-17H,8-9H2,1H3. The third kappa shape index (κ3) is 3.27. The maximum absolute atomic E-state index is 9.68. The molecule has 1 aromatic heterocycles. The van der Waals surface area contributed by atoms with Crippen LogP contribution in [-0.2, 0) is 6.54 Å². The van der Waals surface area contributed by atoms with E-state index in [0.29, 0.717) is 18.1 Å². The zero-order valence-electron chi connectivity index (χ0n) is 10.7. The van der Waals surface area contributed by atoms with E-state index in [-0.39, 0.29) is 18.4 Å². The first-order chi connectivity index (χ1) is 9.24. The Hall–Kier alpha value is -1.98. The highest BCUT2D eigenvalue weighted by Gasteiger charge is 2.12. The van der Waals surface area contributed by atoms with Crippen LogP contribution in [0.15, 0.2) is 41.0 Å². The molecular weight excluding hydrogens is 246 g/mol. The van der Waals surface area contributed by atoms with Gasteiger partial charge in [0.1, 0.15) is 5.76 Å². The molecule has 1 unspecified atom stereocenters. The molecule has 1 atom stereocenters. The molecule has 5 heteroatoms. The molecule has 0 bridgehead atoms. The van der Waals surface area contributed by atoms with Crippen molar-refractivity contribution in [3.63, 3.8) is 0 Å². The smallest absolute Gasteiger partial charge is 0.160 e. The minimum Gasteiger partial charge on any atom is -0.504 e. The van der Waals surface area contributed by atoms with Gasteiger partial charge in [-0.1, -0.05) is 6.07 Å². The van der Waals surface area contributed by atoms with Gasteiger partial charge in [-0.15, -0.1) is 0 Å². The number of phenolic OH excluding ortho intramolecular Hbond substituents is 1. The first-order valence-corrected chi connectivity index (χ1v) is 5.98. The van der Waals surface area contributed by atoms with E-state index >= 15 is 0 Å². The molecule has 3 N–H and O–H groups in total. The SMILES string of the molecule is COc1ccc(CNC(CO)c2ccco2)cc1O. The van der Waals surface area contributed by atoms with E-state index in [9.17, 15) is 10.2 Å². The first kappa shape index (κ1) is 13.5. The number of hydrogen-bond donors (Lipinski definition) is 3. The molecule has 1 heterocycles. The van der Waals surface area contributed by atoms with Crippen LogP contribution >= 0.6 is 0 Å². The zero-order valence-corrected chi connectivity index (χ0v) is 10.7. The quantitative estimate of drug-likeness (QED) is 0.741. The molecule has 19 heavy (non-hydrogen) atoms. The van der Waals surface area contributed by atoms with Crippen LogP contribution in [0.2, 0.25) is 0 Å². The molecule has 0 saturated carbocycles. The Morgan fingerprint density at radius 3 is 2.79 bits per heavy atom. The number of ether oxygens (including phenoxy) is 1. The summed E-state index contributed by atoms with van der Waals surface area (Å²) in [6, 6.07) is 8.50. The minimum atomic E-state index is -0.265. The Morgan fingerprint density at radius 1 is 1.37 bits per heavy atom. The van der Waals surface area contributed by atoms with Gasteiger partial charge in [-0.25, -0.2) is 0 Å². The van der Waals surface area contributed by atoms with Crippen molar-refractivity contribution in [1.82, 2.24) is 5.32 Å². The summed E-state index contributed by atoms with van der Waals surface area (Å²) in [5.74, 6) is 1.22. The number of hydrogen-bond acceptors (Lipinski definition) is 5. The summed E-state index contributed by atoms with van der Waals surface area (Å²) in [6.45, 7) is 0.444. The van der Waals surface area contributed by atoms with Gasteiger partial charge in [0, 0.05) is 6.54 Å². The lowest BCUT2D eigenvalue weighted by Crippen LogP contribution is -2.23. The number of rotatable bonds is 6. The summed E-state index contributed by atoms with van der Waals surface area (Å²) in [6.07, 6.45) is 1.57. The van der Waals surface area contributed by atoms with E-state index in [1.807, 2.05) is 6.07 Å². The number of phenols is 1. The molecule has 0 saturated heterocycles. The Balaban J connectivity index is 1.99. The number of furan rings is 1. The fourth-order valence-corrected chi connectivity index (χ4v) is 1.83. The lowest BCUT2D eigenvalue weighted by Gasteiger charge is -2.14. The summed E-state index contributed by atoms with van der Waals surface area (Å²) < 4.78 is 10.2. The van der Waals surface area contributed by atoms with Crippen molar-refractivity contribution in [3.05, 3.63) is 47.9 Å². The van der Waals surface area contributed by atoms with Crippen molar-refractivity contribution in [2.24, 2.45) is 0 Å². The molecule has 0 radical (unpaired) electrons. The van der Waals surface area contributed by atoms with Crippen LogP contribution in [0.25, 0.3) is 0 Å². The number of aliphatic hydroxyl groups is 1. The van der Waals surface area contributed by atoms with Gasteiger partial charge in [-0.05, 0) is 29.8 Å². The third-order valence-electron chi connectivity index (χ3n) is 2.87. The molecular formula is C14H17NO4. The average Bonchev–Trinajstić information content (AvgIpc) is 2.94. The second-order valence-electron chi connectivity index (χ2n) is 4.14. The maximum Gasteiger partial charge on any atom is 0.160 e. The maximum atomic E-state index is 9.68. The van der Waals surface area contributed by atoms with Crippen LogP contribution < -0.4 is 10.1 Å². The molecule has 0 aliphatic rings. The van der Waals surface area contributed by atoms with Gasteiger partial charge in [-0.2, -0.15) is 0 Å². The summed E-state index contributed by atoms with van der Waals surface area (Å²) >= 11 is 0. The number of aliphatic hydroxyl groups excluding tert-OH is 1. The predicted molar refractivity (Wildman–Crippen MR) is 70.0 cm³/mol. The first-order valence-electron chi connectivity index (χ1n) is 5.98. The van der Waals surface area contributed by atoms with Crippen LogP contribution in [0.5, 0.6) is 11.5 Å². The number of aromatic hydroxyl groups is 1. The minimum absolute atomic E-state index is 0.0599. The number of nitrogens with one attached hydrogen (secondary N) is 1. The summed E-state index contributed by atoms with van der Waals surface area (Å²) in [5, 5.41) is 22.2. The van der Waals surface area contributed by atoms with Gasteiger partial charge in [0.25, 0.3) is 0 Å². The largest absolute Gasteiger partial charge is 0.504 e. The molecule has 0 spiro atoms. The lowest BCUT2D eigenvalue weighted by molar-refractivity contribution is 0.225. The molecule has 0 amide bonds. The highest BCUT2D eigenvalue weighted by Crippen LogP contribution is 2.26. The monoisotopic (exact) mass is 263 g/mol. The fraction of sp³-hybridized carbons (Fsp3) is 0.286. The Kier molecular flexibility index (Phi) is 4.43. The molecule has 102 valence electrons. The van der Waals surface area contributed by atoms with Gasteiger partial charge in [0.15, 0.2) is 11.5 Å². The highest BCUT2D eigenvalue weighted by molar-refractivity contribution is 5.41. The summed E-state index contributed by atoms with van der Waals surface area (Å²) in [7, 11) is 1.51. The Morgan fingerprint density at radius 2 is 2.21 bits per heavy atom. The predicted octanol–water partition coefficient (Wildman–Crippen LogP) is 1.82. The Bertz CT molecular complexity index is 510. The van der Waals surface area contributed by atoms with Gasteiger partial charge in [-0.3, -0.25) is 0 Å². The van der Waals surface area contributed by atoms with Crippen molar-refractivity contribution in [2.45, 2.75) is 12.6 Å². The normalized spacial score (nSPS) is 12.3. The zero-order chi connectivity index (χ0) is 13.7. The van der Waals surface area contributed by atoms with Gasteiger partial charge < -0.3 is 24.7 Å². The topological polar surface area (TPSA) is 74.9 Å². The van der Waals surface area contributed by atoms with E-state index < -0.39 is 0 Å². The van der Waals surface area contributed by atoms with Crippen LogP contribution in [-0.4, -0.2) is 23.9 Å². The van der Waals surface area contributed by atoms with Crippen molar-refractivity contribution < 1.29 is 19.4 Å². The van der Waals surface area contributed by atoms with Crippen LogP contribution in [0, 0.1) is 0 Å². The third-order valence-corrected chi connectivity index (χ3v) is 2.87. The molecule has 0 fully saturated rings. The number of benzene rings is 1. The van der Waals surface area contributed by atoms with Gasteiger partial charge in [0.2, 0.25) is 0 Å². The molecule has 0 aliphatic heterocycles. The molecule has 5 nitrogen and oxygen atoms in total. The second kappa shape index (κ2) is 6.26. The van der Waals surface area contributed by atoms with E-state index in [0.717, 1.165) is 5.56 Å². The van der Waals surface area contributed by atoms with E-state index in [4.69, 9.17) is 9.15 Å². The van der Waals surface area contributed by atoms with E-state index in [2.05, 4.69) is 5.32 Å². The lowest BCUT2D eigenvalue weighted by atomic mass is 10.1. The fourth-order valence-electron chi connectivity index (χ4n) is 1.83. The second-order valence-corrected chi connectivity index (χ2v) is 4.14. The van der Waals surface area contributed by atoms with Crippen LogP contribution in [0.3, 0.4) is 0 Å². The van der Waals surface area contributed by atoms with E-state index in [1.165, 1.54) is 7.11 Å². The van der Waals surface area contributed by atoms with Crippen LogP contribution in [0.1, 0.15) is 17.4 Å². The van der Waals surface area contributed by atoms with Gasteiger partial charge >= 0.3 is 0 Å². The molecule has 1 aromatic carbocycles. The van der Waals surface area contributed by atoms with Crippen molar-refractivity contribution in [1.29, 1.82) is 0 Å².